The molecule has 2 aromatic rings. The van der Waals surface area contributed by atoms with E-state index in [4.69, 9.17) is 0 Å². The van der Waals surface area contributed by atoms with E-state index in [1.807, 2.05) is 12.1 Å². The van der Waals surface area contributed by atoms with E-state index in [1.54, 1.807) is 12.4 Å². The van der Waals surface area contributed by atoms with Crippen LogP contribution in [-0.4, -0.2) is 9.97 Å². The molecule has 2 aromatic heterocycles. The van der Waals surface area contributed by atoms with Crippen LogP contribution < -0.4 is 5.56 Å². The highest BCUT2D eigenvalue weighted by Crippen LogP contribution is 2.29. The highest BCUT2D eigenvalue weighted by atomic mass is 16.1. The summed E-state index contributed by atoms with van der Waals surface area (Å²) in [4.78, 5) is 19.0. The van der Waals surface area contributed by atoms with Crippen molar-refractivity contribution in [3.8, 4) is 0 Å². The minimum Gasteiger partial charge on any atom is -0.320 e. The SMILES string of the molecule is CC1CC=C(c2cc3ccncc3[nH]c2=O)CC1. The summed E-state index contributed by atoms with van der Waals surface area (Å²) in [5, 5.41) is 1.04. The molecule has 0 saturated heterocycles. The molecule has 0 fully saturated rings. The van der Waals surface area contributed by atoms with Crippen molar-refractivity contribution in [2.24, 2.45) is 5.92 Å². The van der Waals surface area contributed by atoms with Gasteiger partial charge in [0.05, 0.1) is 11.7 Å². The number of nitrogens with one attached hydrogen (secondary N) is 1. The molecule has 0 amide bonds. The Bertz CT molecular complexity index is 669. The second kappa shape index (κ2) is 4.41. The molecule has 2 heterocycles. The lowest BCUT2D eigenvalue weighted by Crippen LogP contribution is -2.13. The van der Waals surface area contributed by atoms with Crippen molar-refractivity contribution in [3.05, 3.63) is 46.5 Å². The van der Waals surface area contributed by atoms with Crippen molar-refractivity contribution in [1.82, 2.24) is 9.97 Å². The first-order valence-corrected chi connectivity index (χ1v) is 6.40. The first kappa shape index (κ1) is 11.2. The molecule has 0 aliphatic heterocycles. The third kappa shape index (κ3) is 1.96. The predicted octanol–water partition coefficient (Wildman–Crippen LogP) is 3.13. The zero-order valence-corrected chi connectivity index (χ0v) is 10.4. The largest absolute Gasteiger partial charge is 0.320 e. The van der Waals surface area contributed by atoms with Crippen molar-refractivity contribution >= 4 is 16.5 Å². The minimum absolute atomic E-state index is 0.00342. The van der Waals surface area contributed by atoms with Crippen molar-refractivity contribution in [1.29, 1.82) is 0 Å². The number of aromatic amines is 1. The average molecular weight is 240 g/mol. The second-order valence-corrected chi connectivity index (χ2v) is 5.08. The predicted molar refractivity (Wildman–Crippen MR) is 73.4 cm³/mol. The van der Waals surface area contributed by atoms with Crippen LogP contribution in [-0.2, 0) is 0 Å². The summed E-state index contributed by atoms with van der Waals surface area (Å²) in [6.45, 7) is 2.25. The molecule has 1 aliphatic carbocycles. The Morgan fingerprint density at radius 2 is 2.33 bits per heavy atom. The number of hydrogen-bond donors (Lipinski definition) is 1. The molecule has 3 nitrogen and oxygen atoms in total. The molecule has 3 heteroatoms. The topological polar surface area (TPSA) is 45.8 Å². The second-order valence-electron chi connectivity index (χ2n) is 5.08. The zero-order chi connectivity index (χ0) is 12.5. The fourth-order valence-corrected chi connectivity index (χ4v) is 2.49. The molecule has 0 bridgehead atoms. The molecule has 1 atom stereocenters. The van der Waals surface area contributed by atoms with Gasteiger partial charge in [0.2, 0.25) is 0 Å². The Labute approximate surface area is 106 Å². The normalized spacial score (nSPS) is 19.8. The van der Waals surface area contributed by atoms with Gasteiger partial charge in [0.1, 0.15) is 0 Å². The summed E-state index contributed by atoms with van der Waals surface area (Å²) in [7, 11) is 0. The Kier molecular flexibility index (Phi) is 2.74. The van der Waals surface area contributed by atoms with Gasteiger partial charge in [0.15, 0.2) is 0 Å². The minimum atomic E-state index is -0.00342. The lowest BCUT2D eigenvalue weighted by atomic mass is 9.88. The number of pyridine rings is 2. The van der Waals surface area contributed by atoms with Gasteiger partial charge in [0.25, 0.3) is 5.56 Å². The molecule has 3 rings (SSSR count). The number of allylic oxidation sites excluding steroid dienone is 2. The van der Waals surface area contributed by atoms with E-state index in [9.17, 15) is 4.79 Å². The molecule has 1 N–H and O–H groups in total. The van der Waals surface area contributed by atoms with Crippen LogP contribution in [0.4, 0.5) is 0 Å². The van der Waals surface area contributed by atoms with E-state index in [0.717, 1.165) is 35.2 Å². The molecule has 1 aliphatic rings. The monoisotopic (exact) mass is 240 g/mol. The van der Waals surface area contributed by atoms with Crippen molar-refractivity contribution < 1.29 is 0 Å². The molecule has 92 valence electrons. The van der Waals surface area contributed by atoms with E-state index < -0.39 is 0 Å². The van der Waals surface area contributed by atoms with Crippen LogP contribution in [0.3, 0.4) is 0 Å². The van der Waals surface area contributed by atoms with Crippen molar-refractivity contribution in [2.45, 2.75) is 26.2 Å². The number of rotatable bonds is 1. The maximum absolute atomic E-state index is 12.1. The molecule has 0 saturated carbocycles. The first-order chi connectivity index (χ1) is 8.74. The molecule has 1 unspecified atom stereocenters. The zero-order valence-electron chi connectivity index (χ0n) is 10.4. The number of nitrogens with zero attached hydrogens (tertiary/aromatic N) is 1. The van der Waals surface area contributed by atoms with E-state index in [2.05, 4.69) is 23.0 Å². The van der Waals surface area contributed by atoms with Crippen LogP contribution in [0.2, 0.25) is 0 Å². The van der Waals surface area contributed by atoms with Gasteiger partial charge in [-0.25, -0.2) is 0 Å². The summed E-state index contributed by atoms with van der Waals surface area (Å²) >= 11 is 0. The quantitative estimate of drug-likeness (QED) is 0.832. The van der Waals surface area contributed by atoms with Gasteiger partial charge in [-0.1, -0.05) is 13.0 Å². The number of fused-ring (bicyclic) bond motifs is 1. The number of H-pyrrole nitrogens is 1. The molecule has 0 aromatic carbocycles. The fourth-order valence-electron chi connectivity index (χ4n) is 2.49. The standard InChI is InChI=1S/C15H16N2O/c1-10-2-4-11(5-3-10)13-8-12-6-7-16-9-14(12)17-15(13)18/h4,6-10H,2-3,5H2,1H3,(H,17,18). The maximum atomic E-state index is 12.1. The number of hydrogen-bond acceptors (Lipinski definition) is 2. The molecular formula is C15H16N2O. The Morgan fingerprint density at radius 1 is 1.44 bits per heavy atom. The van der Waals surface area contributed by atoms with Gasteiger partial charge in [0, 0.05) is 17.1 Å². The molecule has 0 radical (unpaired) electrons. The lowest BCUT2D eigenvalue weighted by Gasteiger charge is -2.18. The Morgan fingerprint density at radius 3 is 3.11 bits per heavy atom. The summed E-state index contributed by atoms with van der Waals surface area (Å²) < 4.78 is 0. The van der Waals surface area contributed by atoms with Crippen LogP contribution >= 0.6 is 0 Å². The Balaban J connectivity index is 2.12. The highest BCUT2D eigenvalue weighted by molar-refractivity contribution is 5.81. The maximum Gasteiger partial charge on any atom is 0.256 e. The van der Waals surface area contributed by atoms with Gasteiger partial charge >= 0.3 is 0 Å². The van der Waals surface area contributed by atoms with Crippen molar-refractivity contribution in [2.75, 3.05) is 0 Å². The smallest absolute Gasteiger partial charge is 0.256 e. The molecule has 18 heavy (non-hydrogen) atoms. The van der Waals surface area contributed by atoms with Gasteiger partial charge in [-0.2, -0.15) is 0 Å². The fraction of sp³-hybridized carbons (Fsp3) is 0.333. The summed E-state index contributed by atoms with van der Waals surface area (Å²) in [5.74, 6) is 0.734. The van der Waals surface area contributed by atoms with Crippen molar-refractivity contribution in [3.63, 3.8) is 0 Å². The van der Waals surface area contributed by atoms with Gasteiger partial charge in [-0.15, -0.1) is 0 Å². The van der Waals surface area contributed by atoms with Crippen LogP contribution in [0.1, 0.15) is 31.7 Å². The highest BCUT2D eigenvalue weighted by Gasteiger charge is 2.14. The number of aromatic nitrogens is 2. The Hall–Kier alpha value is -1.90. The third-order valence-electron chi connectivity index (χ3n) is 3.67. The molecular weight excluding hydrogens is 224 g/mol. The third-order valence-corrected chi connectivity index (χ3v) is 3.67. The lowest BCUT2D eigenvalue weighted by molar-refractivity contribution is 0.533. The summed E-state index contributed by atoms with van der Waals surface area (Å²) in [5.41, 5.74) is 2.81. The van der Waals surface area contributed by atoms with Gasteiger partial charge in [-0.05, 0) is 42.9 Å². The van der Waals surface area contributed by atoms with Crippen LogP contribution in [0, 0.1) is 5.92 Å². The average Bonchev–Trinajstić information content (AvgIpc) is 2.39. The van der Waals surface area contributed by atoms with Crippen LogP contribution in [0.5, 0.6) is 0 Å². The van der Waals surface area contributed by atoms with Gasteiger partial charge < -0.3 is 4.98 Å². The van der Waals surface area contributed by atoms with Crippen LogP contribution in [0.25, 0.3) is 16.5 Å². The summed E-state index contributed by atoms with van der Waals surface area (Å²) in [6.07, 6.45) is 8.90. The van der Waals surface area contributed by atoms with Gasteiger partial charge in [-0.3, -0.25) is 9.78 Å². The van der Waals surface area contributed by atoms with E-state index in [1.165, 1.54) is 12.0 Å². The summed E-state index contributed by atoms with van der Waals surface area (Å²) in [6, 6.07) is 3.92. The first-order valence-electron chi connectivity index (χ1n) is 6.40. The van der Waals surface area contributed by atoms with Crippen LogP contribution in [0.15, 0.2) is 35.4 Å². The van der Waals surface area contributed by atoms with E-state index in [0.29, 0.717) is 0 Å². The molecule has 0 spiro atoms. The van der Waals surface area contributed by atoms with E-state index >= 15 is 0 Å². The van der Waals surface area contributed by atoms with E-state index in [-0.39, 0.29) is 5.56 Å².